The molecular weight excluding hydrogens is 600 g/mol. The van der Waals surface area contributed by atoms with Crippen LogP contribution < -0.4 is 0 Å². The summed E-state index contributed by atoms with van der Waals surface area (Å²) >= 11 is 0. The quantitative estimate of drug-likeness (QED) is 0.140. The molecule has 4 saturated carbocycles. The summed E-state index contributed by atoms with van der Waals surface area (Å²) in [5.41, 5.74) is 0.837. The standard InChI is InChI=1S/C34H52O12/c1-14-23-21(44-30(14)41)12-20-18-6-5-16-11-17(7-9-33(16,3)19(18)8-10-34(20,23)4)43-32-29(27(39)25(37)22(13-35)45-32)46-31-28(40)26(38)24(36)15(2)42-31/h15-29,31-32,35-40H,1,5-13H2,2-4H3/t15-,16+,17-,18+,19-,20-,21-,22+,23-,24-,25+,26+,27-,28+,29+,31-,32+,33-,34-/m0/s1. The molecule has 7 rings (SSSR count). The number of rotatable bonds is 5. The number of aliphatic hydroxyl groups excluding tert-OH is 6. The van der Waals surface area contributed by atoms with Crippen LogP contribution in [0.1, 0.15) is 72.1 Å². The number of esters is 1. The molecular formula is C34H52O12. The average molecular weight is 653 g/mol. The van der Waals surface area contributed by atoms with Crippen LogP contribution in [0.25, 0.3) is 0 Å². The molecule has 0 aromatic heterocycles. The first-order valence-corrected chi connectivity index (χ1v) is 17.3. The van der Waals surface area contributed by atoms with E-state index in [0.29, 0.717) is 29.2 Å². The Morgan fingerprint density at radius 1 is 0.826 bits per heavy atom. The SMILES string of the molecule is C=C1C(=O)O[C@H]2C[C@H]3[C@@H]4CC[C@@H]5C[C@@H](O[C@@H]6O[C@H](CO)[C@@H](O)[C@H](O)[C@H]6O[C@@H]6O[C@@H](C)[C@H](O)[C@@H](O)[C@H]6O)CC[C@]5(C)[C@H]4CC[C@]3(C)[C@@H]12. The van der Waals surface area contributed by atoms with Gasteiger partial charge in [0.05, 0.1) is 18.8 Å². The van der Waals surface area contributed by atoms with Crippen LogP contribution in [0.5, 0.6) is 0 Å². The van der Waals surface area contributed by atoms with Crippen molar-refractivity contribution < 1.29 is 59.1 Å². The summed E-state index contributed by atoms with van der Waals surface area (Å²) in [7, 11) is 0. The molecule has 4 aliphatic carbocycles. The van der Waals surface area contributed by atoms with Crippen molar-refractivity contribution in [3.05, 3.63) is 12.2 Å². The minimum atomic E-state index is -1.61. The largest absolute Gasteiger partial charge is 0.458 e. The molecule has 0 aromatic rings. The Bertz CT molecular complexity index is 1180. The highest BCUT2D eigenvalue weighted by molar-refractivity contribution is 5.91. The molecule has 0 bridgehead atoms. The Morgan fingerprint density at radius 2 is 1.57 bits per heavy atom. The molecule has 0 radical (unpaired) electrons. The molecule has 7 aliphatic rings. The molecule has 0 unspecified atom stereocenters. The molecule has 0 aromatic carbocycles. The van der Waals surface area contributed by atoms with Gasteiger partial charge < -0.3 is 54.3 Å². The van der Waals surface area contributed by atoms with E-state index in [0.717, 1.165) is 51.4 Å². The van der Waals surface area contributed by atoms with Gasteiger partial charge in [-0.25, -0.2) is 4.79 Å². The third-order valence-electron chi connectivity index (χ3n) is 13.8. The summed E-state index contributed by atoms with van der Waals surface area (Å²) in [4.78, 5) is 12.3. The number of aliphatic hydroxyl groups is 6. The number of hydrogen-bond acceptors (Lipinski definition) is 12. The predicted molar refractivity (Wildman–Crippen MR) is 159 cm³/mol. The van der Waals surface area contributed by atoms with Gasteiger partial charge in [0.25, 0.3) is 0 Å². The molecule has 3 saturated heterocycles. The van der Waals surface area contributed by atoms with E-state index in [1.165, 1.54) is 6.92 Å². The molecule has 260 valence electrons. The van der Waals surface area contributed by atoms with Crippen molar-refractivity contribution in [3.8, 4) is 0 Å². The first kappa shape index (κ1) is 33.3. The van der Waals surface area contributed by atoms with E-state index in [2.05, 4.69) is 20.4 Å². The maximum Gasteiger partial charge on any atom is 0.334 e. The van der Waals surface area contributed by atoms with Gasteiger partial charge in [-0.15, -0.1) is 0 Å². The van der Waals surface area contributed by atoms with Crippen LogP contribution in [-0.2, 0) is 28.5 Å². The van der Waals surface area contributed by atoms with Gasteiger partial charge in [-0.2, -0.15) is 0 Å². The average Bonchev–Trinajstić information content (AvgIpc) is 3.49. The summed E-state index contributed by atoms with van der Waals surface area (Å²) in [5, 5.41) is 62.5. The lowest BCUT2D eigenvalue weighted by molar-refractivity contribution is -0.371. The van der Waals surface area contributed by atoms with E-state index in [4.69, 9.17) is 23.7 Å². The van der Waals surface area contributed by atoms with E-state index < -0.39 is 68.0 Å². The number of ether oxygens (including phenoxy) is 5. The van der Waals surface area contributed by atoms with Gasteiger partial charge in [-0.3, -0.25) is 0 Å². The smallest absolute Gasteiger partial charge is 0.334 e. The van der Waals surface area contributed by atoms with Crippen molar-refractivity contribution in [2.45, 2.75) is 146 Å². The Hall–Kier alpha value is -1.19. The van der Waals surface area contributed by atoms with Gasteiger partial charge in [0, 0.05) is 11.5 Å². The zero-order valence-electron chi connectivity index (χ0n) is 27.0. The van der Waals surface area contributed by atoms with Crippen LogP contribution in [0.2, 0.25) is 0 Å². The second-order valence-corrected chi connectivity index (χ2v) is 15.9. The van der Waals surface area contributed by atoms with Crippen molar-refractivity contribution in [2.75, 3.05) is 6.61 Å². The van der Waals surface area contributed by atoms with Crippen molar-refractivity contribution in [3.63, 3.8) is 0 Å². The minimum Gasteiger partial charge on any atom is -0.458 e. The van der Waals surface area contributed by atoms with E-state index in [9.17, 15) is 35.4 Å². The van der Waals surface area contributed by atoms with Crippen LogP contribution in [-0.4, -0.2) is 117 Å². The van der Waals surface area contributed by atoms with Gasteiger partial charge >= 0.3 is 5.97 Å². The van der Waals surface area contributed by atoms with E-state index in [1.807, 2.05) is 0 Å². The first-order valence-electron chi connectivity index (χ1n) is 17.3. The topological polar surface area (TPSA) is 185 Å². The van der Waals surface area contributed by atoms with Crippen LogP contribution in [0.4, 0.5) is 0 Å². The summed E-state index contributed by atoms with van der Waals surface area (Å²) < 4.78 is 29.8. The Balaban J connectivity index is 1.04. The Kier molecular flexibility index (Phi) is 8.69. The highest BCUT2D eigenvalue weighted by Crippen LogP contribution is 2.69. The minimum absolute atomic E-state index is 0.0395. The summed E-state index contributed by atoms with van der Waals surface area (Å²) in [5.74, 6) is 1.97. The van der Waals surface area contributed by atoms with Crippen LogP contribution in [0, 0.1) is 40.4 Å². The second kappa shape index (κ2) is 12.0. The summed E-state index contributed by atoms with van der Waals surface area (Å²) in [6.45, 7) is 9.92. The summed E-state index contributed by atoms with van der Waals surface area (Å²) in [6, 6.07) is 0. The zero-order chi connectivity index (χ0) is 32.9. The van der Waals surface area contributed by atoms with E-state index >= 15 is 0 Å². The van der Waals surface area contributed by atoms with Gasteiger partial charge in [-0.1, -0.05) is 20.4 Å². The molecule has 7 fully saturated rings. The zero-order valence-corrected chi connectivity index (χ0v) is 27.0. The lowest BCUT2D eigenvalue weighted by atomic mass is 9.44. The molecule has 0 spiro atoms. The Labute approximate surface area is 270 Å². The van der Waals surface area contributed by atoms with Crippen LogP contribution in [0.15, 0.2) is 12.2 Å². The fourth-order valence-electron chi connectivity index (χ4n) is 11.2. The number of carbonyl (C=O) groups excluding carboxylic acids is 1. The third-order valence-corrected chi connectivity index (χ3v) is 13.8. The second-order valence-electron chi connectivity index (χ2n) is 15.9. The van der Waals surface area contributed by atoms with Gasteiger partial charge in [0.2, 0.25) is 0 Å². The van der Waals surface area contributed by atoms with Crippen LogP contribution >= 0.6 is 0 Å². The van der Waals surface area contributed by atoms with Crippen molar-refractivity contribution in [1.82, 2.24) is 0 Å². The molecule has 12 nitrogen and oxygen atoms in total. The molecule has 6 N–H and O–H groups in total. The van der Waals surface area contributed by atoms with Gasteiger partial charge in [-0.05, 0) is 92.8 Å². The van der Waals surface area contributed by atoms with Gasteiger partial charge in [0.15, 0.2) is 12.6 Å². The van der Waals surface area contributed by atoms with Crippen molar-refractivity contribution >= 4 is 5.97 Å². The summed E-state index contributed by atoms with van der Waals surface area (Å²) in [6.07, 6.45) is -5.82. The molecule has 3 aliphatic heterocycles. The maximum atomic E-state index is 12.3. The lowest BCUT2D eigenvalue weighted by Gasteiger charge is -2.61. The maximum absolute atomic E-state index is 12.3. The number of hydrogen-bond donors (Lipinski definition) is 6. The molecule has 12 heteroatoms. The third kappa shape index (κ3) is 5.04. The fourth-order valence-corrected chi connectivity index (χ4v) is 11.2. The van der Waals surface area contributed by atoms with Crippen LogP contribution in [0.3, 0.4) is 0 Å². The van der Waals surface area contributed by atoms with Crippen molar-refractivity contribution in [1.29, 1.82) is 0 Å². The molecule has 0 amide bonds. The normalized spacial score (nSPS) is 56.8. The number of fused-ring (bicyclic) bond motifs is 7. The Morgan fingerprint density at radius 3 is 2.30 bits per heavy atom. The van der Waals surface area contributed by atoms with E-state index in [1.54, 1.807) is 0 Å². The van der Waals surface area contributed by atoms with Crippen molar-refractivity contribution in [2.24, 2.45) is 40.4 Å². The van der Waals surface area contributed by atoms with E-state index in [-0.39, 0.29) is 34.9 Å². The fraction of sp³-hybridized carbons (Fsp3) is 0.912. The highest BCUT2D eigenvalue weighted by Gasteiger charge is 2.66. The lowest BCUT2D eigenvalue weighted by Crippen LogP contribution is -2.64. The monoisotopic (exact) mass is 652 g/mol. The highest BCUT2D eigenvalue weighted by atomic mass is 16.8. The predicted octanol–water partition coefficient (Wildman–Crippen LogP) is 0.774. The molecule has 19 atom stereocenters. The number of carbonyl (C=O) groups is 1. The molecule has 46 heavy (non-hydrogen) atoms. The first-order chi connectivity index (χ1) is 21.8. The molecule has 3 heterocycles. The van der Waals surface area contributed by atoms with Gasteiger partial charge in [0.1, 0.15) is 48.8 Å².